The predicted octanol–water partition coefficient (Wildman–Crippen LogP) is 2.58. The van der Waals surface area contributed by atoms with Crippen LogP contribution in [0.5, 0.6) is 0 Å². The third-order valence-corrected chi connectivity index (χ3v) is 5.63. The van der Waals surface area contributed by atoms with E-state index in [4.69, 9.17) is 4.99 Å². The second-order valence-corrected chi connectivity index (χ2v) is 7.01. The van der Waals surface area contributed by atoms with Gasteiger partial charge in [-0.1, -0.05) is 18.7 Å². The number of hydrogen-bond donors (Lipinski definition) is 1. The summed E-state index contributed by atoms with van der Waals surface area (Å²) in [6, 6.07) is 0. The van der Waals surface area contributed by atoms with E-state index >= 15 is 0 Å². The molecule has 0 saturated carbocycles. The van der Waals surface area contributed by atoms with Gasteiger partial charge < -0.3 is 10.2 Å². The van der Waals surface area contributed by atoms with Crippen molar-refractivity contribution in [3.63, 3.8) is 0 Å². The van der Waals surface area contributed by atoms with Crippen molar-refractivity contribution in [3.05, 3.63) is 0 Å². The number of rotatable bonds is 4. The Hall–Kier alpha value is -0.220. The quantitative estimate of drug-likeness (QED) is 0.850. The Labute approximate surface area is 116 Å². The molecule has 0 radical (unpaired) electrons. The van der Waals surface area contributed by atoms with E-state index in [-0.39, 0.29) is 5.54 Å². The molecule has 0 aromatic carbocycles. The largest absolute Gasteiger partial charge is 0.359 e. The molecule has 4 heteroatoms. The topological polar surface area (TPSA) is 27.6 Å². The molecule has 0 aromatic rings. The fraction of sp³-hybridized carbons (Fsp3) is 0.929. The van der Waals surface area contributed by atoms with E-state index in [9.17, 15) is 0 Å². The van der Waals surface area contributed by atoms with Crippen LogP contribution in [0.25, 0.3) is 0 Å². The SMILES string of the molecule is CCC1(C)CSC(=NCCC2CCN(C)CC2)N1. The molecular weight excluding hydrogens is 242 g/mol. The smallest absolute Gasteiger partial charge is 0.157 e. The number of amidine groups is 1. The Balaban J connectivity index is 1.69. The molecule has 2 saturated heterocycles. The van der Waals surface area contributed by atoms with Gasteiger partial charge in [-0.25, -0.2) is 0 Å². The Morgan fingerprint density at radius 3 is 2.78 bits per heavy atom. The summed E-state index contributed by atoms with van der Waals surface area (Å²) in [4.78, 5) is 7.17. The molecule has 18 heavy (non-hydrogen) atoms. The predicted molar refractivity (Wildman–Crippen MR) is 81.4 cm³/mol. The molecule has 0 aromatic heterocycles. The lowest BCUT2D eigenvalue weighted by molar-refractivity contribution is 0.214. The molecule has 0 bridgehead atoms. The first-order chi connectivity index (χ1) is 8.61. The van der Waals surface area contributed by atoms with Crippen LogP contribution in [-0.2, 0) is 0 Å². The summed E-state index contributed by atoms with van der Waals surface area (Å²) < 4.78 is 0. The molecular formula is C14H27N3S. The average Bonchev–Trinajstić information content (AvgIpc) is 2.75. The molecule has 2 rings (SSSR count). The summed E-state index contributed by atoms with van der Waals surface area (Å²) in [5, 5.41) is 4.74. The Bertz CT molecular complexity index is 297. The maximum absolute atomic E-state index is 4.73. The van der Waals surface area contributed by atoms with Crippen LogP contribution in [0.15, 0.2) is 4.99 Å². The van der Waals surface area contributed by atoms with Crippen LogP contribution in [0.4, 0.5) is 0 Å². The molecule has 3 nitrogen and oxygen atoms in total. The van der Waals surface area contributed by atoms with Crippen molar-refractivity contribution in [2.24, 2.45) is 10.9 Å². The first-order valence-corrected chi connectivity index (χ1v) is 8.24. The van der Waals surface area contributed by atoms with Gasteiger partial charge in [-0.3, -0.25) is 4.99 Å². The van der Waals surface area contributed by atoms with Gasteiger partial charge in [-0.05, 0) is 58.7 Å². The third-order valence-electron chi connectivity index (χ3n) is 4.35. The summed E-state index contributed by atoms with van der Waals surface area (Å²) in [5.74, 6) is 2.06. The van der Waals surface area contributed by atoms with Crippen molar-refractivity contribution in [3.8, 4) is 0 Å². The van der Waals surface area contributed by atoms with Gasteiger partial charge in [0.1, 0.15) is 0 Å². The lowest BCUT2D eigenvalue weighted by Gasteiger charge is -2.28. The number of hydrogen-bond acceptors (Lipinski definition) is 3. The fourth-order valence-corrected chi connectivity index (χ4v) is 3.77. The monoisotopic (exact) mass is 269 g/mol. The fourth-order valence-electron chi connectivity index (χ4n) is 2.53. The zero-order valence-corrected chi connectivity index (χ0v) is 12.9. The molecule has 1 N–H and O–H groups in total. The second kappa shape index (κ2) is 6.29. The van der Waals surface area contributed by atoms with Gasteiger partial charge in [0.05, 0.1) is 0 Å². The Kier molecular flexibility index (Phi) is 4.96. The number of piperidine rings is 1. The van der Waals surface area contributed by atoms with E-state index in [0.717, 1.165) is 18.2 Å². The van der Waals surface area contributed by atoms with Gasteiger partial charge in [-0.2, -0.15) is 0 Å². The highest BCUT2D eigenvalue weighted by atomic mass is 32.2. The molecule has 104 valence electrons. The van der Waals surface area contributed by atoms with E-state index in [2.05, 4.69) is 31.1 Å². The van der Waals surface area contributed by atoms with Crippen LogP contribution in [-0.4, -0.2) is 48.0 Å². The number of thioether (sulfide) groups is 1. The lowest BCUT2D eigenvalue weighted by Crippen LogP contribution is -2.39. The summed E-state index contributed by atoms with van der Waals surface area (Å²) in [6.45, 7) is 8.07. The average molecular weight is 269 g/mol. The van der Waals surface area contributed by atoms with Gasteiger partial charge in [-0.15, -0.1) is 0 Å². The second-order valence-electron chi connectivity index (χ2n) is 6.05. The Morgan fingerprint density at radius 1 is 1.44 bits per heavy atom. The van der Waals surface area contributed by atoms with Crippen molar-refractivity contribution in [1.29, 1.82) is 0 Å². The van der Waals surface area contributed by atoms with Gasteiger partial charge in [0.2, 0.25) is 0 Å². The zero-order chi connectivity index (χ0) is 13.0. The van der Waals surface area contributed by atoms with E-state index in [1.807, 2.05) is 11.8 Å². The minimum absolute atomic E-state index is 0.275. The van der Waals surface area contributed by atoms with Crippen LogP contribution in [0.2, 0.25) is 0 Å². The maximum atomic E-state index is 4.73. The minimum atomic E-state index is 0.275. The van der Waals surface area contributed by atoms with Gasteiger partial charge in [0.25, 0.3) is 0 Å². The van der Waals surface area contributed by atoms with E-state index in [0.29, 0.717) is 0 Å². The van der Waals surface area contributed by atoms with Gasteiger partial charge >= 0.3 is 0 Å². The molecule has 2 fully saturated rings. The molecule has 1 unspecified atom stereocenters. The maximum Gasteiger partial charge on any atom is 0.157 e. The van der Waals surface area contributed by atoms with E-state index in [1.165, 1.54) is 43.9 Å². The molecule has 1 atom stereocenters. The van der Waals surface area contributed by atoms with Crippen LogP contribution in [0, 0.1) is 5.92 Å². The number of nitrogens with one attached hydrogen (secondary N) is 1. The van der Waals surface area contributed by atoms with Crippen molar-refractivity contribution in [1.82, 2.24) is 10.2 Å². The van der Waals surface area contributed by atoms with Crippen LogP contribution < -0.4 is 5.32 Å². The highest BCUT2D eigenvalue weighted by Gasteiger charge is 2.30. The summed E-state index contributed by atoms with van der Waals surface area (Å²) in [5.41, 5.74) is 0.275. The van der Waals surface area contributed by atoms with Gasteiger partial charge in [0, 0.05) is 17.8 Å². The van der Waals surface area contributed by atoms with Crippen LogP contribution >= 0.6 is 11.8 Å². The lowest BCUT2D eigenvalue weighted by atomic mass is 9.94. The summed E-state index contributed by atoms with van der Waals surface area (Å²) in [6.07, 6.45) is 5.15. The molecule has 2 aliphatic heterocycles. The minimum Gasteiger partial charge on any atom is -0.359 e. The Morgan fingerprint density at radius 2 is 2.17 bits per heavy atom. The standard InChI is InChI=1S/C14H27N3S/c1-4-14(2)11-18-13(16-14)15-8-5-12-6-9-17(3)10-7-12/h12H,4-11H2,1-3H3,(H,15,16). The first kappa shape index (κ1) is 14.2. The summed E-state index contributed by atoms with van der Waals surface area (Å²) in [7, 11) is 2.22. The highest BCUT2D eigenvalue weighted by molar-refractivity contribution is 8.14. The van der Waals surface area contributed by atoms with Crippen molar-refractivity contribution >= 4 is 16.9 Å². The van der Waals surface area contributed by atoms with Gasteiger partial charge in [0.15, 0.2) is 5.17 Å². The molecule has 0 aliphatic carbocycles. The summed E-state index contributed by atoms with van der Waals surface area (Å²) >= 11 is 1.89. The molecule has 0 spiro atoms. The first-order valence-electron chi connectivity index (χ1n) is 7.25. The highest BCUT2D eigenvalue weighted by Crippen LogP contribution is 2.26. The number of likely N-dealkylation sites (tertiary alicyclic amines) is 1. The van der Waals surface area contributed by atoms with Crippen molar-refractivity contribution < 1.29 is 0 Å². The van der Waals surface area contributed by atoms with E-state index < -0.39 is 0 Å². The normalized spacial score (nSPS) is 32.9. The van der Waals surface area contributed by atoms with Crippen LogP contribution in [0.1, 0.15) is 39.5 Å². The molecule has 0 amide bonds. The van der Waals surface area contributed by atoms with Crippen LogP contribution in [0.3, 0.4) is 0 Å². The number of aliphatic imine (C=N–C) groups is 1. The molecule has 2 heterocycles. The van der Waals surface area contributed by atoms with Crippen molar-refractivity contribution in [2.45, 2.75) is 45.1 Å². The zero-order valence-electron chi connectivity index (χ0n) is 12.0. The molecule has 2 aliphatic rings. The van der Waals surface area contributed by atoms with E-state index in [1.54, 1.807) is 0 Å². The number of nitrogens with zero attached hydrogens (tertiary/aromatic N) is 2. The van der Waals surface area contributed by atoms with Crippen molar-refractivity contribution in [2.75, 3.05) is 32.4 Å². The third kappa shape index (κ3) is 3.89.